The lowest BCUT2D eigenvalue weighted by molar-refractivity contribution is 0.947. The third-order valence-corrected chi connectivity index (χ3v) is 3.44. The van der Waals surface area contributed by atoms with Crippen LogP contribution in [0.15, 0.2) is 24.4 Å². The van der Waals surface area contributed by atoms with Crippen LogP contribution >= 0.6 is 23.2 Å². The minimum Gasteiger partial charge on any atom is -0.324 e. The maximum Gasteiger partial charge on any atom is 0.161 e. The molecule has 4 nitrogen and oxygen atoms in total. The van der Waals surface area contributed by atoms with Crippen molar-refractivity contribution in [2.24, 2.45) is 7.05 Å². The zero-order valence-corrected chi connectivity index (χ0v) is 11.9. The van der Waals surface area contributed by atoms with E-state index < -0.39 is 0 Å². The summed E-state index contributed by atoms with van der Waals surface area (Å²) in [4.78, 5) is 13.1. The Morgan fingerprint density at radius 3 is 2.74 bits per heavy atom. The summed E-state index contributed by atoms with van der Waals surface area (Å²) in [5, 5.41) is 0.910. The van der Waals surface area contributed by atoms with Gasteiger partial charge in [-0.1, -0.05) is 23.2 Å². The second kappa shape index (κ2) is 4.47. The van der Waals surface area contributed by atoms with Crippen LogP contribution in [0.3, 0.4) is 0 Å². The fraction of sp³-hybridized carbons (Fsp3) is 0.154. The van der Waals surface area contributed by atoms with E-state index in [4.69, 9.17) is 23.2 Å². The number of imidazole rings is 1. The Labute approximate surface area is 120 Å². The number of pyridine rings is 2. The van der Waals surface area contributed by atoms with Gasteiger partial charge >= 0.3 is 0 Å². The van der Waals surface area contributed by atoms with Crippen LogP contribution in [-0.2, 0) is 7.05 Å². The van der Waals surface area contributed by atoms with Crippen molar-refractivity contribution in [1.82, 2.24) is 19.5 Å². The number of aromatic nitrogens is 4. The highest BCUT2D eigenvalue weighted by molar-refractivity contribution is 6.34. The predicted octanol–water partition coefficient (Wildman–Crippen LogP) is 3.65. The average molecular weight is 293 g/mol. The smallest absolute Gasteiger partial charge is 0.161 e. The molecule has 3 heterocycles. The number of rotatable bonds is 1. The molecule has 0 amide bonds. The van der Waals surface area contributed by atoms with Gasteiger partial charge in [-0.2, -0.15) is 0 Å². The highest BCUT2D eigenvalue weighted by Crippen LogP contribution is 2.29. The average Bonchev–Trinajstić information content (AvgIpc) is 2.69. The van der Waals surface area contributed by atoms with Crippen molar-refractivity contribution in [2.45, 2.75) is 6.92 Å². The molecule has 0 spiro atoms. The van der Waals surface area contributed by atoms with Crippen LogP contribution in [0.2, 0.25) is 10.2 Å². The quantitative estimate of drug-likeness (QED) is 0.643. The van der Waals surface area contributed by atoms with Gasteiger partial charge < -0.3 is 4.57 Å². The van der Waals surface area contributed by atoms with Crippen molar-refractivity contribution >= 4 is 34.2 Å². The van der Waals surface area contributed by atoms with E-state index >= 15 is 0 Å². The maximum atomic E-state index is 6.17. The zero-order valence-electron chi connectivity index (χ0n) is 10.4. The van der Waals surface area contributed by atoms with Gasteiger partial charge in [0, 0.05) is 12.7 Å². The number of aryl methyl sites for hydroxylation is 2. The number of halogens is 2. The molecule has 0 aliphatic heterocycles. The van der Waals surface area contributed by atoms with E-state index in [1.807, 2.05) is 24.6 Å². The Morgan fingerprint density at radius 1 is 1.16 bits per heavy atom. The minimum absolute atomic E-state index is 0.390. The van der Waals surface area contributed by atoms with Crippen molar-refractivity contribution in [3.63, 3.8) is 0 Å². The van der Waals surface area contributed by atoms with Crippen molar-refractivity contribution in [3.8, 4) is 11.5 Å². The Kier molecular flexibility index (Phi) is 2.92. The predicted molar refractivity (Wildman–Crippen MR) is 76.5 cm³/mol. The Balaban J connectivity index is 2.30. The second-order valence-corrected chi connectivity index (χ2v) is 5.07. The molecule has 3 aromatic heterocycles. The molecule has 0 saturated carbocycles. The summed E-state index contributed by atoms with van der Waals surface area (Å²) in [6.07, 6.45) is 1.79. The van der Waals surface area contributed by atoms with Gasteiger partial charge in [-0.3, -0.25) is 4.98 Å². The fourth-order valence-corrected chi connectivity index (χ4v) is 2.31. The molecule has 0 atom stereocenters. The lowest BCUT2D eigenvalue weighted by Crippen LogP contribution is -1.96. The standard InChI is InChI=1S/C13H10Cl2N4/c1-7-5-9-10(6-16-7)19(2)13(17-9)12-8(14)3-4-11(15)18-12/h3-6H,1-2H3. The number of fused-ring (bicyclic) bond motifs is 1. The lowest BCUT2D eigenvalue weighted by atomic mass is 10.3. The van der Waals surface area contributed by atoms with Crippen molar-refractivity contribution in [3.05, 3.63) is 40.3 Å². The van der Waals surface area contributed by atoms with Crippen LogP contribution in [0.5, 0.6) is 0 Å². The van der Waals surface area contributed by atoms with E-state index in [9.17, 15) is 0 Å². The number of hydrogen-bond donors (Lipinski definition) is 0. The first-order valence-electron chi connectivity index (χ1n) is 5.68. The van der Waals surface area contributed by atoms with E-state index in [1.54, 1.807) is 18.3 Å². The van der Waals surface area contributed by atoms with Crippen LogP contribution in [0.25, 0.3) is 22.6 Å². The highest BCUT2D eigenvalue weighted by atomic mass is 35.5. The van der Waals surface area contributed by atoms with Gasteiger partial charge in [0.05, 0.1) is 22.3 Å². The first kappa shape index (κ1) is 12.4. The molecule has 19 heavy (non-hydrogen) atoms. The van der Waals surface area contributed by atoms with E-state index in [0.29, 0.717) is 21.7 Å². The highest BCUT2D eigenvalue weighted by Gasteiger charge is 2.15. The Hall–Kier alpha value is -1.65. The molecule has 0 fully saturated rings. The van der Waals surface area contributed by atoms with Gasteiger partial charge in [-0.05, 0) is 25.1 Å². The first-order valence-corrected chi connectivity index (χ1v) is 6.43. The normalized spacial score (nSPS) is 11.2. The van der Waals surface area contributed by atoms with Crippen LogP contribution in [-0.4, -0.2) is 19.5 Å². The van der Waals surface area contributed by atoms with Crippen molar-refractivity contribution in [1.29, 1.82) is 0 Å². The molecule has 0 N–H and O–H groups in total. The first-order chi connectivity index (χ1) is 9.06. The molecule has 3 aromatic rings. The zero-order chi connectivity index (χ0) is 13.6. The van der Waals surface area contributed by atoms with Crippen molar-refractivity contribution < 1.29 is 0 Å². The third kappa shape index (κ3) is 2.07. The van der Waals surface area contributed by atoms with Crippen LogP contribution in [0, 0.1) is 6.92 Å². The summed E-state index contributed by atoms with van der Waals surface area (Å²) in [7, 11) is 1.90. The molecule has 96 valence electrons. The Bertz CT molecular complexity index is 780. The Morgan fingerprint density at radius 2 is 1.95 bits per heavy atom. The van der Waals surface area contributed by atoms with Crippen LogP contribution in [0.1, 0.15) is 5.69 Å². The van der Waals surface area contributed by atoms with E-state index in [-0.39, 0.29) is 0 Å². The van der Waals surface area contributed by atoms with Gasteiger partial charge in [0.2, 0.25) is 0 Å². The molecule has 0 bridgehead atoms. The molecule has 0 saturated heterocycles. The second-order valence-electron chi connectivity index (χ2n) is 4.27. The molecular weight excluding hydrogens is 283 g/mol. The SMILES string of the molecule is Cc1cc2nc(-c3nc(Cl)ccc3Cl)n(C)c2cn1. The third-order valence-electron chi connectivity index (χ3n) is 2.93. The van der Waals surface area contributed by atoms with Gasteiger partial charge in [-0.15, -0.1) is 0 Å². The maximum absolute atomic E-state index is 6.17. The summed E-state index contributed by atoms with van der Waals surface area (Å²) < 4.78 is 1.91. The molecule has 0 aliphatic rings. The van der Waals surface area contributed by atoms with E-state index in [2.05, 4.69) is 15.0 Å². The van der Waals surface area contributed by atoms with Crippen LogP contribution in [0.4, 0.5) is 0 Å². The lowest BCUT2D eigenvalue weighted by Gasteiger charge is -2.04. The van der Waals surface area contributed by atoms with E-state index in [0.717, 1.165) is 16.7 Å². The summed E-state index contributed by atoms with van der Waals surface area (Å²) in [6, 6.07) is 5.30. The number of nitrogens with zero attached hydrogens (tertiary/aromatic N) is 4. The summed E-state index contributed by atoms with van der Waals surface area (Å²) in [5.41, 5.74) is 3.29. The summed E-state index contributed by atoms with van der Waals surface area (Å²) in [6.45, 7) is 1.93. The van der Waals surface area contributed by atoms with Crippen LogP contribution < -0.4 is 0 Å². The summed E-state index contributed by atoms with van der Waals surface area (Å²) in [5.74, 6) is 0.676. The van der Waals surface area contributed by atoms with Crippen molar-refractivity contribution in [2.75, 3.05) is 0 Å². The molecule has 0 aliphatic carbocycles. The molecule has 0 radical (unpaired) electrons. The molecular formula is C13H10Cl2N4. The largest absolute Gasteiger partial charge is 0.324 e. The molecule has 3 rings (SSSR count). The van der Waals surface area contributed by atoms with Gasteiger partial charge in [0.15, 0.2) is 5.82 Å². The van der Waals surface area contributed by atoms with Gasteiger partial charge in [0.1, 0.15) is 10.8 Å². The van der Waals surface area contributed by atoms with Gasteiger partial charge in [-0.25, -0.2) is 9.97 Å². The number of hydrogen-bond acceptors (Lipinski definition) is 3. The van der Waals surface area contributed by atoms with E-state index in [1.165, 1.54) is 0 Å². The fourth-order valence-electron chi connectivity index (χ4n) is 1.98. The topological polar surface area (TPSA) is 43.6 Å². The molecule has 0 aromatic carbocycles. The minimum atomic E-state index is 0.390. The van der Waals surface area contributed by atoms with Gasteiger partial charge in [0.25, 0.3) is 0 Å². The molecule has 0 unspecified atom stereocenters. The molecule has 6 heteroatoms. The summed E-state index contributed by atoms with van der Waals surface area (Å²) >= 11 is 12.1. The monoisotopic (exact) mass is 292 g/mol.